The van der Waals surface area contributed by atoms with Gasteiger partial charge in [0.25, 0.3) is 0 Å². The van der Waals surface area contributed by atoms with E-state index in [0.717, 1.165) is 12.3 Å². The summed E-state index contributed by atoms with van der Waals surface area (Å²) < 4.78 is 5.53. The topological polar surface area (TPSA) is 65.3 Å². The molecule has 4 heteroatoms. The van der Waals surface area contributed by atoms with Gasteiger partial charge >= 0.3 is 0 Å². The van der Waals surface area contributed by atoms with Crippen LogP contribution in [0, 0.1) is 17.2 Å². The van der Waals surface area contributed by atoms with Crippen molar-refractivity contribution in [2.75, 3.05) is 13.2 Å². The lowest BCUT2D eigenvalue weighted by molar-refractivity contribution is 0.103. The van der Waals surface area contributed by atoms with Crippen LogP contribution in [0.15, 0.2) is 24.3 Å². The molecule has 2 rings (SSSR count). The Kier molecular flexibility index (Phi) is 6.04. The van der Waals surface area contributed by atoms with Crippen LogP contribution in [0.3, 0.4) is 0 Å². The summed E-state index contributed by atoms with van der Waals surface area (Å²) in [6.07, 6.45) is 4.49. The molecule has 4 nitrogen and oxygen atoms in total. The van der Waals surface area contributed by atoms with E-state index in [0.29, 0.717) is 23.9 Å². The highest BCUT2D eigenvalue weighted by Gasteiger charge is 2.24. The van der Waals surface area contributed by atoms with Gasteiger partial charge in [0.15, 0.2) is 0 Å². The molecule has 1 fully saturated rings. The largest absolute Gasteiger partial charge is 0.491 e. The summed E-state index contributed by atoms with van der Waals surface area (Å²) in [7, 11) is 0. The average Bonchev–Trinajstić information content (AvgIpc) is 3.33. The first-order chi connectivity index (χ1) is 10.2. The van der Waals surface area contributed by atoms with E-state index in [1.54, 1.807) is 24.3 Å². The van der Waals surface area contributed by atoms with Crippen molar-refractivity contribution in [3.63, 3.8) is 0 Å². The molecule has 1 aromatic carbocycles. The van der Waals surface area contributed by atoms with Crippen LogP contribution >= 0.6 is 0 Å². The lowest BCUT2D eigenvalue weighted by Crippen LogP contribution is -2.38. The van der Waals surface area contributed by atoms with Gasteiger partial charge in [-0.15, -0.1) is 0 Å². The van der Waals surface area contributed by atoms with Crippen LogP contribution in [0.25, 0.3) is 0 Å². The van der Waals surface area contributed by atoms with Gasteiger partial charge in [0.05, 0.1) is 11.6 Å². The molecule has 0 saturated heterocycles. The molecule has 1 aliphatic rings. The van der Waals surface area contributed by atoms with E-state index in [-0.39, 0.29) is 6.61 Å². The molecular formula is C17H24N2O2. The van der Waals surface area contributed by atoms with E-state index in [1.807, 2.05) is 0 Å². The molecule has 114 valence electrons. The molecule has 0 heterocycles. The second-order valence-corrected chi connectivity index (χ2v) is 5.80. The molecular weight excluding hydrogens is 264 g/mol. The number of nitrogens with zero attached hydrogens (tertiary/aromatic N) is 1. The van der Waals surface area contributed by atoms with Crippen LogP contribution in [-0.4, -0.2) is 30.4 Å². The molecule has 0 amide bonds. The first-order valence-electron chi connectivity index (χ1n) is 7.75. The molecule has 0 bridgehead atoms. The smallest absolute Gasteiger partial charge is 0.120 e. The quantitative estimate of drug-likeness (QED) is 0.732. The molecule has 21 heavy (non-hydrogen) atoms. The van der Waals surface area contributed by atoms with Crippen LogP contribution in [-0.2, 0) is 0 Å². The minimum Gasteiger partial charge on any atom is -0.491 e. The van der Waals surface area contributed by atoms with Crippen molar-refractivity contribution in [2.24, 2.45) is 5.92 Å². The van der Waals surface area contributed by atoms with E-state index in [2.05, 4.69) is 18.3 Å². The molecule has 1 aliphatic carbocycles. The highest BCUT2D eigenvalue weighted by atomic mass is 16.5. The molecule has 2 atom stereocenters. The van der Waals surface area contributed by atoms with Gasteiger partial charge in [0, 0.05) is 12.6 Å². The number of rotatable bonds is 9. The zero-order valence-corrected chi connectivity index (χ0v) is 12.6. The monoisotopic (exact) mass is 288 g/mol. The fourth-order valence-electron chi connectivity index (χ4n) is 2.36. The second-order valence-electron chi connectivity index (χ2n) is 5.80. The van der Waals surface area contributed by atoms with Crippen LogP contribution < -0.4 is 10.1 Å². The van der Waals surface area contributed by atoms with Crippen LogP contribution in [0.1, 0.15) is 38.2 Å². The summed E-state index contributed by atoms with van der Waals surface area (Å²) in [5, 5.41) is 22.2. The fourth-order valence-corrected chi connectivity index (χ4v) is 2.36. The third-order valence-electron chi connectivity index (χ3n) is 3.86. The molecule has 0 aliphatic heterocycles. The molecule has 2 N–H and O–H groups in total. The SMILES string of the molecule is CCC(CC1CC1)NCC(O)COc1cccc(C#N)c1. The number of ether oxygens (including phenoxy) is 1. The minimum atomic E-state index is -0.538. The van der Waals surface area contributed by atoms with Gasteiger partial charge < -0.3 is 15.2 Å². The van der Waals surface area contributed by atoms with Crippen molar-refractivity contribution < 1.29 is 9.84 Å². The Morgan fingerprint density at radius 3 is 2.95 bits per heavy atom. The molecule has 0 spiro atoms. The number of nitriles is 1. The Hall–Kier alpha value is -1.57. The summed E-state index contributed by atoms with van der Waals surface area (Å²) in [6.45, 7) is 2.96. The normalized spacial score (nSPS) is 17.0. The standard InChI is InChI=1S/C17H24N2O2/c1-2-15(8-13-6-7-13)19-11-16(20)12-21-17-5-3-4-14(9-17)10-18/h3-5,9,13,15-16,19-20H,2,6-8,11-12H2,1H3. The third kappa shape index (κ3) is 5.74. The number of aliphatic hydroxyl groups is 1. The van der Waals surface area contributed by atoms with E-state index >= 15 is 0 Å². The molecule has 1 aromatic rings. The Morgan fingerprint density at radius 1 is 1.48 bits per heavy atom. The van der Waals surface area contributed by atoms with E-state index < -0.39 is 6.10 Å². The molecule has 2 unspecified atom stereocenters. The van der Waals surface area contributed by atoms with Crippen molar-refractivity contribution in [3.8, 4) is 11.8 Å². The minimum absolute atomic E-state index is 0.238. The lowest BCUT2D eigenvalue weighted by atomic mass is 10.1. The van der Waals surface area contributed by atoms with Gasteiger partial charge in [-0.1, -0.05) is 25.8 Å². The van der Waals surface area contributed by atoms with Gasteiger partial charge in [-0.3, -0.25) is 0 Å². The molecule has 0 aromatic heterocycles. The zero-order valence-electron chi connectivity index (χ0n) is 12.6. The van der Waals surface area contributed by atoms with E-state index in [1.165, 1.54) is 19.3 Å². The van der Waals surface area contributed by atoms with Crippen molar-refractivity contribution >= 4 is 0 Å². The van der Waals surface area contributed by atoms with Crippen LogP contribution in [0.5, 0.6) is 5.75 Å². The maximum Gasteiger partial charge on any atom is 0.120 e. The summed E-state index contributed by atoms with van der Waals surface area (Å²) in [5.74, 6) is 1.52. The van der Waals surface area contributed by atoms with Crippen LogP contribution in [0.2, 0.25) is 0 Å². The first-order valence-corrected chi connectivity index (χ1v) is 7.75. The summed E-state index contributed by atoms with van der Waals surface area (Å²) in [4.78, 5) is 0. The summed E-state index contributed by atoms with van der Waals surface area (Å²) >= 11 is 0. The lowest BCUT2D eigenvalue weighted by Gasteiger charge is -2.19. The highest BCUT2D eigenvalue weighted by Crippen LogP contribution is 2.33. The average molecular weight is 288 g/mol. The molecule has 0 radical (unpaired) electrons. The fraction of sp³-hybridized carbons (Fsp3) is 0.588. The molecule has 1 saturated carbocycles. The predicted molar refractivity (Wildman–Crippen MR) is 82.1 cm³/mol. The van der Waals surface area contributed by atoms with Crippen molar-refractivity contribution in [1.82, 2.24) is 5.32 Å². The number of hydrogen-bond donors (Lipinski definition) is 2. The third-order valence-corrected chi connectivity index (χ3v) is 3.86. The van der Waals surface area contributed by atoms with Gasteiger partial charge in [0.1, 0.15) is 18.5 Å². The van der Waals surface area contributed by atoms with E-state index in [4.69, 9.17) is 10.00 Å². The van der Waals surface area contributed by atoms with Crippen LogP contribution in [0.4, 0.5) is 0 Å². The Morgan fingerprint density at radius 2 is 2.29 bits per heavy atom. The Bertz CT molecular complexity index is 480. The summed E-state index contributed by atoms with van der Waals surface area (Å²) in [5.41, 5.74) is 0.565. The van der Waals surface area contributed by atoms with Gasteiger partial charge in [-0.2, -0.15) is 5.26 Å². The Balaban J connectivity index is 1.68. The highest BCUT2D eigenvalue weighted by molar-refractivity contribution is 5.36. The number of hydrogen-bond acceptors (Lipinski definition) is 4. The number of aliphatic hydroxyl groups excluding tert-OH is 1. The maximum atomic E-state index is 9.98. The summed E-state index contributed by atoms with van der Waals surface area (Å²) in [6, 6.07) is 9.55. The van der Waals surface area contributed by atoms with Gasteiger partial charge in [0.2, 0.25) is 0 Å². The Labute approximate surface area is 126 Å². The maximum absolute atomic E-state index is 9.98. The van der Waals surface area contributed by atoms with Crippen molar-refractivity contribution in [3.05, 3.63) is 29.8 Å². The predicted octanol–water partition coefficient (Wildman–Crippen LogP) is 2.47. The van der Waals surface area contributed by atoms with Gasteiger partial charge in [-0.05, 0) is 37.0 Å². The number of benzene rings is 1. The van der Waals surface area contributed by atoms with E-state index in [9.17, 15) is 5.11 Å². The number of nitrogens with one attached hydrogen (secondary N) is 1. The van der Waals surface area contributed by atoms with Crippen molar-refractivity contribution in [2.45, 2.75) is 44.8 Å². The van der Waals surface area contributed by atoms with Gasteiger partial charge in [-0.25, -0.2) is 0 Å². The first kappa shape index (κ1) is 15.8. The zero-order chi connectivity index (χ0) is 15.1. The second kappa shape index (κ2) is 8.02. The van der Waals surface area contributed by atoms with Crippen molar-refractivity contribution in [1.29, 1.82) is 5.26 Å².